The second-order valence-corrected chi connectivity index (χ2v) is 14.5. The van der Waals surface area contributed by atoms with Gasteiger partial charge in [-0.05, 0) is 117 Å². The lowest BCUT2D eigenvalue weighted by Gasteiger charge is -2.30. The normalized spacial score (nSPS) is 14.2. The zero-order valence-electron chi connectivity index (χ0n) is 31.0. The van der Waals surface area contributed by atoms with Gasteiger partial charge in [-0.1, -0.05) is 164 Å². The Morgan fingerprint density at radius 3 is 1.43 bits per heavy atom. The SMILES string of the molecule is C1=CCC2C(=C1)c1ccc(N(c3ccccc3)c3ccc(-c4cccc(-c5ccccc5)c4)cc3)cc1N2c1ccc(-c2cccc(-c3ccccc3)c2)cc1. The summed E-state index contributed by atoms with van der Waals surface area (Å²) in [4.78, 5) is 4.92. The summed E-state index contributed by atoms with van der Waals surface area (Å²) in [5.41, 5.74) is 18.2. The average Bonchev–Trinajstić information content (AvgIpc) is 3.61. The minimum absolute atomic E-state index is 0.244. The summed E-state index contributed by atoms with van der Waals surface area (Å²) in [5.74, 6) is 0. The van der Waals surface area contributed by atoms with Crippen LogP contribution in [-0.2, 0) is 0 Å². The Morgan fingerprint density at radius 2 is 0.857 bits per heavy atom. The molecule has 1 atom stereocenters. The van der Waals surface area contributed by atoms with E-state index in [0.29, 0.717) is 0 Å². The maximum Gasteiger partial charge on any atom is 0.0632 e. The summed E-state index contributed by atoms with van der Waals surface area (Å²) in [6.45, 7) is 0. The molecule has 8 aromatic rings. The summed E-state index contributed by atoms with van der Waals surface area (Å²) in [5, 5.41) is 0. The Kier molecular flexibility index (Phi) is 8.70. The monoisotopic (exact) mass is 716 g/mol. The molecule has 0 aromatic heterocycles. The van der Waals surface area contributed by atoms with Gasteiger partial charge in [0.05, 0.1) is 11.7 Å². The number of nitrogens with zero attached hydrogens (tertiary/aromatic N) is 2. The number of benzene rings is 8. The van der Waals surface area contributed by atoms with E-state index in [4.69, 9.17) is 0 Å². The topological polar surface area (TPSA) is 6.48 Å². The number of hydrogen-bond donors (Lipinski definition) is 0. The zero-order chi connectivity index (χ0) is 37.3. The van der Waals surface area contributed by atoms with Crippen LogP contribution in [0.2, 0.25) is 0 Å². The van der Waals surface area contributed by atoms with Crippen molar-refractivity contribution in [1.82, 2.24) is 0 Å². The standard InChI is InChI=1S/C54H40N2/c1-4-14-39(15-5-1)43-18-12-20-45(36-43)41-26-30-48(31-27-41)55(47-22-8-3-9-23-47)50-34-35-52-51-24-10-11-25-53(51)56(54(52)38-50)49-32-28-42(29-33-49)46-21-13-19-44(37-46)40-16-6-2-7-17-40/h1-24,26-38,53H,25H2. The molecule has 0 saturated carbocycles. The fourth-order valence-corrected chi connectivity index (χ4v) is 8.38. The van der Waals surface area contributed by atoms with Crippen molar-refractivity contribution in [3.05, 3.63) is 230 Å². The minimum atomic E-state index is 0.244. The Bertz CT molecular complexity index is 2690. The van der Waals surface area contributed by atoms with Gasteiger partial charge < -0.3 is 9.80 Å². The second-order valence-electron chi connectivity index (χ2n) is 14.5. The van der Waals surface area contributed by atoms with Crippen molar-refractivity contribution in [3.63, 3.8) is 0 Å². The second kappa shape index (κ2) is 14.6. The molecule has 2 aliphatic rings. The van der Waals surface area contributed by atoms with Crippen LogP contribution in [0.1, 0.15) is 12.0 Å². The minimum Gasteiger partial charge on any atom is -0.333 e. The molecule has 1 heterocycles. The number of anilines is 5. The van der Waals surface area contributed by atoms with Gasteiger partial charge in [0, 0.05) is 28.3 Å². The lowest BCUT2D eigenvalue weighted by molar-refractivity contribution is 0.829. The number of para-hydroxylation sites is 1. The van der Waals surface area contributed by atoms with E-state index in [1.165, 1.54) is 67.0 Å². The van der Waals surface area contributed by atoms with Crippen LogP contribution in [0.4, 0.5) is 28.4 Å². The molecule has 0 saturated heterocycles. The predicted octanol–water partition coefficient (Wildman–Crippen LogP) is 14.7. The maximum absolute atomic E-state index is 2.55. The number of fused-ring (bicyclic) bond motifs is 3. The van der Waals surface area contributed by atoms with Crippen LogP contribution in [0.5, 0.6) is 0 Å². The summed E-state index contributed by atoms with van der Waals surface area (Å²) in [7, 11) is 0. The van der Waals surface area contributed by atoms with Gasteiger partial charge in [-0.15, -0.1) is 0 Å². The van der Waals surface area contributed by atoms with Crippen molar-refractivity contribution in [2.45, 2.75) is 12.5 Å². The molecule has 8 aromatic carbocycles. The number of hydrogen-bond acceptors (Lipinski definition) is 2. The first kappa shape index (κ1) is 33.4. The quantitative estimate of drug-likeness (QED) is 0.154. The lowest BCUT2D eigenvalue weighted by Crippen LogP contribution is -2.27. The number of rotatable bonds is 8. The van der Waals surface area contributed by atoms with Crippen molar-refractivity contribution in [2.75, 3.05) is 9.80 Å². The smallest absolute Gasteiger partial charge is 0.0632 e. The molecule has 266 valence electrons. The Balaban J connectivity index is 1.01. The van der Waals surface area contributed by atoms with E-state index in [2.05, 4.69) is 234 Å². The molecule has 0 bridgehead atoms. The van der Waals surface area contributed by atoms with Crippen LogP contribution in [0.25, 0.3) is 50.1 Å². The van der Waals surface area contributed by atoms with Crippen LogP contribution in [0.3, 0.4) is 0 Å². The fourth-order valence-electron chi connectivity index (χ4n) is 8.38. The first-order valence-corrected chi connectivity index (χ1v) is 19.4. The summed E-state index contributed by atoms with van der Waals surface area (Å²) in [6, 6.07) is 74.9. The highest BCUT2D eigenvalue weighted by atomic mass is 15.2. The molecule has 0 spiro atoms. The van der Waals surface area contributed by atoms with Crippen LogP contribution < -0.4 is 9.80 Å². The fraction of sp³-hybridized carbons (Fsp3) is 0.0370. The molecular formula is C54H40N2. The largest absolute Gasteiger partial charge is 0.333 e. The van der Waals surface area contributed by atoms with Crippen LogP contribution in [-0.4, -0.2) is 6.04 Å². The Hall–Kier alpha value is -7.16. The first-order chi connectivity index (χ1) is 27.8. The highest BCUT2D eigenvalue weighted by Crippen LogP contribution is 2.50. The van der Waals surface area contributed by atoms with Gasteiger partial charge in [-0.2, -0.15) is 0 Å². The molecule has 0 fully saturated rings. The van der Waals surface area contributed by atoms with Gasteiger partial charge in [-0.25, -0.2) is 0 Å². The molecular weight excluding hydrogens is 677 g/mol. The Morgan fingerprint density at radius 1 is 0.393 bits per heavy atom. The van der Waals surface area contributed by atoms with Crippen molar-refractivity contribution in [1.29, 1.82) is 0 Å². The molecule has 56 heavy (non-hydrogen) atoms. The third kappa shape index (κ3) is 6.32. The van der Waals surface area contributed by atoms with Gasteiger partial charge >= 0.3 is 0 Å². The highest BCUT2D eigenvalue weighted by molar-refractivity contribution is 5.96. The van der Waals surface area contributed by atoms with Crippen LogP contribution >= 0.6 is 0 Å². The van der Waals surface area contributed by atoms with Gasteiger partial charge in [0.2, 0.25) is 0 Å². The molecule has 0 amide bonds. The molecule has 0 N–H and O–H groups in total. The van der Waals surface area contributed by atoms with E-state index in [1.54, 1.807) is 0 Å². The molecule has 1 aliphatic heterocycles. The van der Waals surface area contributed by atoms with Crippen molar-refractivity contribution in [2.24, 2.45) is 0 Å². The molecule has 1 aliphatic carbocycles. The van der Waals surface area contributed by atoms with Crippen LogP contribution in [0, 0.1) is 0 Å². The van der Waals surface area contributed by atoms with Crippen molar-refractivity contribution < 1.29 is 0 Å². The molecule has 0 radical (unpaired) electrons. The van der Waals surface area contributed by atoms with E-state index in [1.807, 2.05) is 0 Å². The van der Waals surface area contributed by atoms with Crippen molar-refractivity contribution >= 4 is 34.0 Å². The highest BCUT2D eigenvalue weighted by Gasteiger charge is 2.35. The van der Waals surface area contributed by atoms with E-state index in [-0.39, 0.29) is 6.04 Å². The summed E-state index contributed by atoms with van der Waals surface area (Å²) < 4.78 is 0. The van der Waals surface area contributed by atoms with Gasteiger partial charge in [-0.3, -0.25) is 0 Å². The summed E-state index contributed by atoms with van der Waals surface area (Å²) >= 11 is 0. The molecule has 10 rings (SSSR count). The zero-order valence-corrected chi connectivity index (χ0v) is 31.0. The molecule has 2 heteroatoms. The van der Waals surface area contributed by atoms with Crippen LogP contribution in [0.15, 0.2) is 224 Å². The lowest BCUT2D eigenvalue weighted by atomic mass is 9.95. The van der Waals surface area contributed by atoms with E-state index in [9.17, 15) is 0 Å². The molecule has 1 unspecified atom stereocenters. The Labute approximate surface area is 329 Å². The average molecular weight is 717 g/mol. The first-order valence-electron chi connectivity index (χ1n) is 19.4. The maximum atomic E-state index is 2.55. The third-order valence-electron chi connectivity index (χ3n) is 11.1. The van der Waals surface area contributed by atoms with Crippen molar-refractivity contribution in [3.8, 4) is 44.5 Å². The van der Waals surface area contributed by atoms with Gasteiger partial charge in [0.15, 0.2) is 0 Å². The third-order valence-corrected chi connectivity index (χ3v) is 11.1. The number of allylic oxidation sites excluding steroid dienone is 2. The van der Waals surface area contributed by atoms with E-state index < -0.39 is 0 Å². The van der Waals surface area contributed by atoms with E-state index >= 15 is 0 Å². The van der Waals surface area contributed by atoms with Gasteiger partial charge in [0.1, 0.15) is 0 Å². The molecule has 2 nitrogen and oxygen atoms in total. The summed E-state index contributed by atoms with van der Waals surface area (Å²) in [6.07, 6.45) is 7.77. The predicted molar refractivity (Wildman–Crippen MR) is 237 cm³/mol. The van der Waals surface area contributed by atoms with E-state index in [0.717, 1.165) is 23.5 Å². The van der Waals surface area contributed by atoms with Gasteiger partial charge in [0.25, 0.3) is 0 Å².